The summed E-state index contributed by atoms with van der Waals surface area (Å²) in [5.74, 6) is 0. The van der Waals surface area contributed by atoms with Crippen LogP contribution in [0.4, 0.5) is 0 Å². The van der Waals surface area contributed by atoms with Gasteiger partial charge in [-0.05, 0) is 37.6 Å². The van der Waals surface area contributed by atoms with Crippen LogP contribution in [0.15, 0.2) is 17.5 Å². The van der Waals surface area contributed by atoms with E-state index < -0.39 is 0 Å². The summed E-state index contributed by atoms with van der Waals surface area (Å²) in [7, 11) is 0. The summed E-state index contributed by atoms with van der Waals surface area (Å²) in [6.45, 7) is 3.52. The molecule has 1 aliphatic rings. The molecule has 0 aliphatic carbocycles. The molecule has 1 aromatic rings. The molecule has 17 heavy (non-hydrogen) atoms. The van der Waals surface area contributed by atoms with E-state index in [9.17, 15) is 0 Å². The van der Waals surface area contributed by atoms with E-state index in [1.807, 2.05) is 13.0 Å². The molecule has 0 saturated carbocycles. The lowest BCUT2D eigenvalue weighted by Crippen LogP contribution is -2.31. The van der Waals surface area contributed by atoms with Gasteiger partial charge in [0.2, 0.25) is 0 Å². The molecule has 2 heterocycles. The Hall–Kier alpha value is -0.420. The van der Waals surface area contributed by atoms with Crippen LogP contribution in [0.3, 0.4) is 0 Å². The maximum atomic E-state index is 5.98. The molecule has 4 heteroatoms. The molecule has 0 aromatic carbocycles. The number of thiophene rings is 1. The van der Waals surface area contributed by atoms with Crippen LogP contribution in [-0.4, -0.2) is 25.4 Å². The number of hydrogen-bond donors (Lipinski definition) is 1. The Labute approximate surface area is 107 Å². The fraction of sp³-hybridized carbons (Fsp3) is 0.692. The van der Waals surface area contributed by atoms with E-state index in [1.165, 1.54) is 17.7 Å². The van der Waals surface area contributed by atoms with Crippen molar-refractivity contribution in [1.82, 2.24) is 0 Å². The van der Waals surface area contributed by atoms with Crippen molar-refractivity contribution < 1.29 is 9.47 Å². The van der Waals surface area contributed by atoms with Crippen molar-refractivity contribution in [3.63, 3.8) is 0 Å². The largest absolute Gasteiger partial charge is 0.376 e. The Morgan fingerprint density at radius 3 is 3.06 bits per heavy atom. The van der Waals surface area contributed by atoms with Crippen LogP contribution in [0.1, 0.15) is 37.2 Å². The SMILES string of the molecule is CC(N)C(OCC1CCCCO1)c1cccs1. The molecule has 1 aromatic heterocycles. The summed E-state index contributed by atoms with van der Waals surface area (Å²) in [5, 5.41) is 2.06. The lowest BCUT2D eigenvalue weighted by Gasteiger charge is -2.26. The van der Waals surface area contributed by atoms with Gasteiger partial charge >= 0.3 is 0 Å². The highest BCUT2D eigenvalue weighted by Crippen LogP contribution is 2.26. The molecule has 2 N–H and O–H groups in total. The Morgan fingerprint density at radius 2 is 2.47 bits per heavy atom. The molecule has 0 amide bonds. The molecule has 1 saturated heterocycles. The Morgan fingerprint density at radius 1 is 1.59 bits per heavy atom. The van der Waals surface area contributed by atoms with E-state index in [0.29, 0.717) is 6.61 Å². The highest BCUT2D eigenvalue weighted by atomic mass is 32.1. The molecule has 3 unspecified atom stereocenters. The first-order valence-electron chi connectivity index (χ1n) is 6.29. The number of rotatable bonds is 5. The van der Waals surface area contributed by atoms with Crippen molar-refractivity contribution >= 4 is 11.3 Å². The molecule has 96 valence electrons. The molecule has 3 nitrogen and oxygen atoms in total. The quantitative estimate of drug-likeness (QED) is 0.880. The zero-order valence-electron chi connectivity index (χ0n) is 10.3. The van der Waals surface area contributed by atoms with Crippen molar-refractivity contribution in [2.75, 3.05) is 13.2 Å². The van der Waals surface area contributed by atoms with Gasteiger partial charge in [-0.3, -0.25) is 0 Å². The zero-order chi connectivity index (χ0) is 12.1. The molecule has 0 radical (unpaired) electrons. The summed E-state index contributed by atoms with van der Waals surface area (Å²) in [6.07, 6.45) is 3.79. The van der Waals surface area contributed by atoms with E-state index in [-0.39, 0.29) is 18.2 Å². The lowest BCUT2D eigenvalue weighted by atomic mass is 10.1. The van der Waals surface area contributed by atoms with Gasteiger partial charge < -0.3 is 15.2 Å². The van der Waals surface area contributed by atoms with Crippen molar-refractivity contribution in [2.45, 2.75) is 44.4 Å². The van der Waals surface area contributed by atoms with Crippen LogP contribution in [0.5, 0.6) is 0 Å². The summed E-state index contributed by atoms with van der Waals surface area (Å²) < 4.78 is 11.6. The van der Waals surface area contributed by atoms with E-state index in [2.05, 4.69) is 11.4 Å². The normalized spacial score (nSPS) is 24.5. The van der Waals surface area contributed by atoms with Crippen LogP contribution in [0.25, 0.3) is 0 Å². The highest BCUT2D eigenvalue weighted by molar-refractivity contribution is 7.10. The average molecular weight is 255 g/mol. The summed E-state index contributed by atoms with van der Waals surface area (Å²) in [5.41, 5.74) is 5.98. The van der Waals surface area contributed by atoms with Crippen molar-refractivity contribution in [3.8, 4) is 0 Å². The molecule has 2 rings (SSSR count). The first-order chi connectivity index (χ1) is 8.27. The zero-order valence-corrected chi connectivity index (χ0v) is 11.1. The fourth-order valence-corrected chi connectivity index (χ4v) is 2.98. The Bertz CT molecular complexity index is 307. The Kier molecular flexibility index (Phi) is 4.98. The summed E-state index contributed by atoms with van der Waals surface area (Å²) in [6, 6.07) is 4.13. The van der Waals surface area contributed by atoms with E-state index >= 15 is 0 Å². The third kappa shape index (κ3) is 3.78. The maximum Gasteiger partial charge on any atom is 0.107 e. The average Bonchev–Trinajstić information content (AvgIpc) is 2.84. The molecule has 0 spiro atoms. The maximum absolute atomic E-state index is 5.98. The second kappa shape index (κ2) is 6.50. The summed E-state index contributed by atoms with van der Waals surface area (Å²) in [4.78, 5) is 1.20. The standard InChI is InChI=1S/C13H21NO2S/c1-10(14)13(12-6-4-8-17-12)16-9-11-5-2-3-7-15-11/h4,6,8,10-11,13H,2-3,5,7,9,14H2,1H3. The van der Waals surface area contributed by atoms with Gasteiger partial charge in [-0.15, -0.1) is 11.3 Å². The third-order valence-corrected chi connectivity index (χ3v) is 3.97. The fourth-order valence-electron chi connectivity index (χ4n) is 2.10. The second-order valence-electron chi connectivity index (χ2n) is 4.62. The van der Waals surface area contributed by atoms with Gasteiger partial charge in [0.15, 0.2) is 0 Å². The van der Waals surface area contributed by atoms with Gasteiger partial charge in [0, 0.05) is 17.5 Å². The van der Waals surface area contributed by atoms with Gasteiger partial charge in [-0.25, -0.2) is 0 Å². The highest BCUT2D eigenvalue weighted by Gasteiger charge is 2.21. The molecule has 1 aliphatic heterocycles. The smallest absolute Gasteiger partial charge is 0.107 e. The minimum atomic E-state index is 0.000488. The topological polar surface area (TPSA) is 44.5 Å². The predicted octanol–water partition coefficient (Wildman–Crippen LogP) is 2.72. The molecular weight excluding hydrogens is 234 g/mol. The van der Waals surface area contributed by atoms with Crippen LogP contribution in [0, 0.1) is 0 Å². The third-order valence-electron chi connectivity index (χ3n) is 3.04. The van der Waals surface area contributed by atoms with E-state index in [4.69, 9.17) is 15.2 Å². The monoisotopic (exact) mass is 255 g/mol. The van der Waals surface area contributed by atoms with Crippen LogP contribution in [-0.2, 0) is 9.47 Å². The van der Waals surface area contributed by atoms with E-state index in [0.717, 1.165) is 13.0 Å². The van der Waals surface area contributed by atoms with Gasteiger partial charge in [0.1, 0.15) is 6.10 Å². The van der Waals surface area contributed by atoms with Crippen LogP contribution >= 0.6 is 11.3 Å². The van der Waals surface area contributed by atoms with Crippen LogP contribution < -0.4 is 5.73 Å². The van der Waals surface area contributed by atoms with Crippen molar-refractivity contribution in [1.29, 1.82) is 0 Å². The summed E-state index contributed by atoms with van der Waals surface area (Å²) >= 11 is 1.70. The minimum absolute atomic E-state index is 0.000488. The Balaban J connectivity index is 1.85. The molecular formula is C13H21NO2S. The van der Waals surface area contributed by atoms with Crippen molar-refractivity contribution in [3.05, 3.63) is 22.4 Å². The van der Waals surface area contributed by atoms with E-state index in [1.54, 1.807) is 11.3 Å². The lowest BCUT2D eigenvalue weighted by molar-refractivity contribution is -0.0672. The number of hydrogen-bond acceptors (Lipinski definition) is 4. The second-order valence-corrected chi connectivity index (χ2v) is 5.60. The van der Waals surface area contributed by atoms with Gasteiger partial charge in [0.25, 0.3) is 0 Å². The minimum Gasteiger partial charge on any atom is -0.376 e. The van der Waals surface area contributed by atoms with Crippen molar-refractivity contribution in [2.24, 2.45) is 5.73 Å². The van der Waals surface area contributed by atoms with Gasteiger partial charge in [0.05, 0.1) is 12.7 Å². The number of nitrogens with two attached hydrogens (primary N) is 1. The molecule has 0 bridgehead atoms. The first kappa shape index (κ1) is 13.0. The molecule has 3 atom stereocenters. The van der Waals surface area contributed by atoms with Gasteiger partial charge in [-0.2, -0.15) is 0 Å². The van der Waals surface area contributed by atoms with Gasteiger partial charge in [-0.1, -0.05) is 6.07 Å². The first-order valence-corrected chi connectivity index (χ1v) is 7.17. The molecule has 1 fully saturated rings. The van der Waals surface area contributed by atoms with Crippen LogP contribution in [0.2, 0.25) is 0 Å². The predicted molar refractivity (Wildman–Crippen MR) is 70.3 cm³/mol. The number of ether oxygens (including phenoxy) is 2.